The normalized spacial score (nSPS) is 24.6. The summed E-state index contributed by atoms with van der Waals surface area (Å²) in [5.74, 6) is -1.69. The van der Waals surface area contributed by atoms with Crippen LogP contribution in [0.2, 0.25) is 10.0 Å². The zero-order chi connectivity index (χ0) is 28.6. The van der Waals surface area contributed by atoms with Gasteiger partial charge in [-0.2, -0.15) is 13.2 Å². The molecular weight excluding hydrogens is 564 g/mol. The summed E-state index contributed by atoms with van der Waals surface area (Å²) in [6.45, 7) is 0.883. The molecule has 1 atom stereocenters. The maximum absolute atomic E-state index is 13.2. The summed E-state index contributed by atoms with van der Waals surface area (Å²) in [5, 5.41) is 10.7. The number of hydrogen-bond donors (Lipinski definition) is 1. The number of benzene rings is 2. The number of aliphatic hydroxyl groups is 1. The van der Waals surface area contributed by atoms with Gasteiger partial charge < -0.3 is 14.9 Å². The van der Waals surface area contributed by atoms with Crippen LogP contribution in [0.5, 0.6) is 0 Å². The Bertz CT molecular complexity index is 1210. The lowest BCUT2D eigenvalue weighted by molar-refractivity contribution is -0.183. The van der Waals surface area contributed by atoms with Gasteiger partial charge in [0.1, 0.15) is 0 Å². The molecule has 2 aromatic rings. The number of aliphatic hydroxyl groups excluding tert-OH is 1. The Morgan fingerprint density at radius 2 is 1.48 bits per heavy atom. The summed E-state index contributed by atoms with van der Waals surface area (Å²) >= 11 is 13.3. The molecule has 1 N–H and O–H groups in total. The van der Waals surface area contributed by atoms with Crippen LogP contribution in [0.3, 0.4) is 0 Å². The number of rotatable bonds is 5. The molecule has 3 aliphatic rings. The Morgan fingerprint density at radius 1 is 0.875 bits per heavy atom. The van der Waals surface area contributed by atoms with Crippen LogP contribution < -0.4 is 0 Å². The predicted octanol–water partition coefficient (Wildman–Crippen LogP) is 6.77. The quantitative estimate of drug-likeness (QED) is 0.414. The van der Waals surface area contributed by atoms with E-state index in [0.29, 0.717) is 28.6 Å². The van der Waals surface area contributed by atoms with Crippen molar-refractivity contribution in [2.24, 2.45) is 11.8 Å². The second kappa shape index (κ2) is 11.9. The van der Waals surface area contributed by atoms with Crippen molar-refractivity contribution in [3.63, 3.8) is 0 Å². The van der Waals surface area contributed by atoms with E-state index in [1.165, 1.54) is 4.90 Å². The van der Waals surface area contributed by atoms with E-state index in [1.54, 1.807) is 36.4 Å². The minimum atomic E-state index is -4.22. The first-order valence-corrected chi connectivity index (χ1v) is 14.7. The molecule has 0 aromatic heterocycles. The Balaban J connectivity index is 1.22. The van der Waals surface area contributed by atoms with Gasteiger partial charge in [0.25, 0.3) is 5.91 Å². The van der Waals surface area contributed by atoms with E-state index >= 15 is 0 Å². The smallest absolute Gasteiger partial charge is 0.391 e. The maximum atomic E-state index is 13.2. The van der Waals surface area contributed by atoms with E-state index in [2.05, 4.69) is 0 Å². The molecule has 0 bridgehead atoms. The number of carbonyl (C=O) groups is 2. The van der Waals surface area contributed by atoms with Gasteiger partial charge >= 0.3 is 6.18 Å². The fraction of sp³-hybridized carbons (Fsp3) is 0.533. The summed E-state index contributed by atoms with van der Waals surface area (Å²) in [5.41, 5.74) is 2.72. The third-order valence-electron chi connectivity index (χ3n) is 8.76. The van der Waals surface area contributed by atoms with Crippen LogP contribution in [0, 0.1) is 11.8 Å². The second-order valence-electron chi connectivity index (χ2n) is 11.3. The molecule has 1 saturated carbocycles. The number of hydrogen-bond acceptors (Lipinski definition) is 3. The van der Waals surface area contributed by atoms with E-state index in [0.717, 1.165) is 48.8 Å². The van der Waals surface area contributed by atoms with Crippen LogP contribution in [0.1, 0.15) is 60.9 Å². The first-order chi connectivity index (χ1) is 19.0. The second-order valence-corrected chi connectivity index (χ2v) is 12.1. The molecule has 2 amide bonds. The average molecular weight is 598 g/mol. The molecule has 40 heavy (non-hydrogen) atoms. The highest BCUT2D eigenvalue weighted by molar-refractivity contribution is 6.36. The van der Waals surface area contributed by atoms with Gasteiger partial charge in [-0.3, -0.25) is 9.59 Å². The Labute approximate surface area is 242 Å². The number of amides is 2. The van der Waals surface area contributed by atoms with Crippen LogP contribution in [0.25, 0.3) is 11.1 Å². The fourth-order valence-corrected chi connectivity index (χ4v) is 6.94. The summed E-state index contributed by atoms with van der Waals surface area (Å²) in [4.78, 5) is 29.4. The van der Waals surface area contributed by atoms with E-state index < -0.39 is 12.1 Å². The molecule has 2 saturated heterocycles. The zero-order valence-corrected chi connectivity index (χ0v) is 23.6. The number of alkyl halides is 3. The molecule has 2 aromatic carbocycles. The lowest BCUT2D eigenvalue weighted by atomic mass is 9.92. The van der Waals surface area contributed by atoms with Gasteiger partial charge in [0, 0.05) is 47.2 Å². The van der Waals surface area contributed by atoms with Crippen molar-refractivity contribution < 1.29 is 27.9 Å². The number of nitrogens with zero attached hydrogens (tertiary/aromatic N) is 2. The predicted molar refractivity (Wildman–Crippen MR) is 148 cm³/mol. The topological polar surface area (TPSA) is 60.9 Å². The van der Waals surface area contributed by atoms with E-state index in [1.807, 2.05) is 4.90 Å². The molecule has 5 rings (SSSR count). The van der Waals surface area contributed by atoms with Crippen molar-refractivity contribution in [2.75, 3.05) is 19.6 Å². The van der Waals surface area contributed by atoms with Crippen molar-refractivity contribution in [3.8, 4) is 11.1 Å². The molecule has 2 heterocycles. The van der Waals surface area contributed by atoms with Crippen molar-refractivity contribution in [1.29, 1.82) is 0 Å². The third kappa shape index (κ3) is 6.29. The minimum Gasteiger partial charge on any atom is -0.393 e. The van der Waals surface area contributed by atoms with Crippen LogP contribution >= 0.6 is 23.2 Å². The lowest BCUT2D eigenvalue weighted by Crippen LogP contribution is -2.42. The Hall–Kier alpha value is -2.29. The first-order valence-electron chi connectivity index (χ1n) is 13.9. The van der Waals surface area contributed by atoms with Gasteiger partial charge in [0.15, 0.2) is 0 Å². The molecule has 216 valence electrons. The van der Waals surface area contributed by atoms with Gasteiger partial charge in [-0.05, 0) is 92.3 Å². The largest absolute Gasteiger partial charge is 0.393 e. The molecule has 1 aliphatic carbocycles. The van der Waals surface area contributed by atoms with E-state index in [-0.39, 0.29) is 55.8 Å². The van der Waals surface area contributed by atoms with Gasteiger partial charge in [-0.25, -0.2) is 0 Å². The van der Waals surface area contributed by atoms with Crippen LogP contribution in [0.4, 0.5) is 13.2 Å². The molecule has 0 spiro atoms. The van der Waals surface area contributed by atoms with Crippen LogP contribution in [0.15, 0.2) is 36.4 Å². The minimum absolute atomic E-state index is 0.0775. The van der Waals surface area contributed by atoms with Gasteiger partial charge in [-0.1, -0.05) is 35.3 Å². The third-order valence-corrected chi connectivity index (χ3v) is 9.43. The Kier molecular flexibility index (Phi) is 8.69. The summed E-state index contributed by atoms with van der Waals surface area (Å²) in [6, 6.07) is 10.7. The monoisotopic (exact) mass is 596 g/mol. The first kappa shape index (κ1) is 29.2. The molecule has 0 unspecified atom stereocenters. The van der Waals surface area contributed by atoms with E-state index in [4.69, 9.17) is 23.2 Å². The van der Waals surface area contributed by atoms with Gasteiger partial charge in [0.2, 0.25) is 5.91 Å². The molecule has 0 radical (unpaired) electrons. The highest BCUT2D eigenvalue weighted by atomic mass is 35.5. The molecule has 3 fully saturated rings. The molecule has 5 nitrogen and oxygen atoms in total. The number of halogens is 5. The summed E-state index contributed by atoms with van der Waals surface area (Å²) < 4.78 is 38.8. The highest BCUT2D eigenvalue weighted by Crippen LogP contribution is 2.37. The van der Waals surface area contributed by atoms with Crippen molar-refractivity contribution >= 4 is 35.0 Å². The lowest BCUT2D eigenvalue weighted by Gasteiger charge is -2.33. The van der Waals surface area contributed by atoms with E-state index in [9.17, 15) is 27.9 Å². The maximum Gasteiger partial charge on any atom is 0.391 e. The standard InChI is InChI=1S/C30H33Cl2F3N2O3/c31-26-16-21(18-1-3-19(4-2-18)28(39)36-12-10-22(11-13-36)30(33,34)35)17-27(32)25(26)15-20-9-14-37(29(20)40)23-5-7-24(38)8-6-23/h1-4,16-17,20,22-24,38H,5-15H2/t20-,23?,24?/m0/s1. The molecule has 2 aliphatic heterocycles. The highest BCUT2D eigenvalue weighted by Gasteiger charge is 2.42. The number of piperidine rings is 1. The van der Waals surface area contributed by atoms with Gasteiger partial charge in [-0.15, -0.1) is 0 Å². The van der Waals surface area contributed by atoms with Crippen molar-refractivity contribution in [2.45, 2.75) is 69.7 Å². The van der Waals surface area contributed by atoms with Crippen molar-refractivity contribution in [3.05, 3.63) is 57.6 Å². The fourth-order valence-electron chi connectivity index (χ4n) is 6.29. The summed E-state index contributed by atoms with van der Waals surface area (Å²) in [6.07, 6.45) is -0.311. The summed E-state index contributed by atoms with van der Waals surface area (Å²) in [7, 11) is 0. The molecular formula is C30H33Cl2F3N2O3. The molecule has 10 heteroatoms. The average Bonchev–Trinajstić information content (AvgIpc) is 3.30. The van der Waals surface area contributed by atoms with Crippen LogP contribution in [-0.2, 0) is 11.2 Å². The van der Waals surface area contributed by atoms with Gasteiger partial charge in [0.05, 0.1) is 12.0 Å². The number of carbonyl (C=O) groups excluding carboxylic acids is 2. The zero-order valence-electron chi connectivity index (χ0n) is 22.1. The Morgan fingerprint density at radius 3 is 2.05 bits per heavy atom. The SMILES string of the molecule is O=C(c1ccc(-c2cc(Cl)c(C[C@@H]3CCN(C4CCC(O)CC4)C3=O)c(Cl)c2)cc1)N1CCC(C(F)(F)F)CC1. The van der Waals surface area contributed by atoms with Crippen LogP contribution in [-0.4, -0.2) is 64.7 Å². The van der Waals surface area contributed by atoms with Crippen molar-refractivity contribution in [1.82, 2.24) is 9.80 Å². The number of likely N-dealkylation sites (tertiary alicyclic amines) is 2.